The van der Waals surface area contributed by atoms with Gasteiger partial charge in [-0.25, -0.2) is 10.2 Å². The molecule has 0 aliphatic rings. The summed E-state index contributed by atoms with van der Waals surface area (Å²) in [5.41, 5.74) is 3.18. The van der Waals surface area contributed by atoms with Crippen LogP contribution < -0.4 is 15.9 Å². The summed E-state index contributed by atoms with van der Waals surface area (Å²) >= 11 is 0. The van der Waals surface area contributed by atoms with Gasteiger partial charge in [-0.3, -0.25) is 20.2 Å². The summed E-state index contributed by atoms with van der Waals surface area (Å²) in [5.74, 6) is -1.08. The van der Waals surface area contributed by atoms with E-state index in [1.807, 2.05) is 5.43 Å². The highest BCUT2D eigenvalue weighted by Gasteiger charge is 2.38. The standard InChI is InChI=1S/C15H10F3N5O6/c16-15(17,18)9-5-11(22(25)26)13(12(6-9)23(27)28)29-10-3-1-8(2-4-10)7-20-21-14(19)24/h1-7H,(H3,19,21,24). The molecular formula is C15H10F3N5O6. The van der Waals surface area contributed by atoms with Crippen LogP contribution in [0.5, 0.6) is 11.5 Å². The summed E-state index contributed by atoms with van der Waals surface area (Å²) in [6.07, 6.45) is -3.84. The van der Waals surface area contributed by atoms with Gasteiger partial charge in [0.2, 0.25) is 0 Å². The van der Waals surface area contributed by atoms with E-state index in [1.54, 1.807) is 0 Å². The second-order valence-electron chi connectivity index (χ2n) is 5.26. The number of nitrogens with two attached hydrogens (primary N) is 1. The van der Waals surface area contributed by atoms with Crippen molar-refractivity contribution in [3.63, 3.8) is 0 Å². The molecule has 0 radical (unpaired) electrons. The minimum atomic E-state index is -5.03. The number of ether oxygens (including phenoxy) is 1. The maximum absolute atomic E-state index is 12.9. The van der Waals surface area contributed by atoms with Gasteiger partial charge >= 0.3 is 23.6 Å². The van der Waals surface area contributed by atoms with E-state index in [4.69, 9.17) is 10.5 Å². The minimum Gasteiger partial charge on any atom is -0.444 e. The van der Waals surface area contributed by atoms with Crippen LogP contribution in [0.15, 0.2) is 41.5 Å². The van der Waals surface area contributed by atoms with Crippen molar-refractivity contribution in [2.75, 3.05) is 0 Å². The van der Waals surface area contributed by atoms with Crippen LogP contribution in [0.25, 0.3) is 0 Å². The quantitative estimate of drug-likeness (QED) is 0.419. The SMILES string of the molecule is NC(=O)NN=Cc1ccc(Oc2c([N+](=O)[O-])cc(C(F)(F)F)cc2[N+](=O)[O-])cc1. The van der Waals surface area contributed by atoms with Crippen LogP contribution in [0.3, 0.4) is 0 Å². The molecule has 0 unspecified atom stereocenters. The highest BCUT2D eigenvalue weighted by atomic mass is 19.4. The van der Waals surface area contributed by atoms with Crippen LogP contribution in [-0.2, 0) is 6.18 Å². The number of nitrogens with one attached hydrogen (secondary N) is 1. The number of halogens is 3. The first kappa shape index (κ1) is 21.1. The van der Waals surface area contributed by atoms with Gasteiger partial charge in [0.1, 0.15) is 5.75 Å². The third-order valence-electron chi connectivity index (χ3n) is 3.26. The van der Waals surface area contributed by atoms with E-state index in [-0.39, 0.29) is 17.9 Å². The van der Waals surface area contributed by atoms with E-state index >= 15 is 0 Å². The highest BCUT2D eigenvalue weighted by Crippen LogP contribution is 2.44. The monoisotopic (exact) mass is 413 g/mol. The molecule has 11 nitrogen and oxygen atoms in total. The number of nitro benzene ring substituents is 2. The number of hydrazone groups is 1. The summed E-state index contributed by atoms with van der Waals surface area (Å²) in [5, 5.41) is 25.8. The fourth-order valence-electron chi connectivity index (χ4n) is 2.05. The molecular weight excluding hydrogens is 403 g/mol. The molecule has 2 rings (SSSR count). The fraction of sp³-hybridized carbons (Fsp3) is 0.0667. The Balaban J connectivity index is 2.43. The molecule has 0 saturated carbocycles. The molecule has 0 heterocycles. The number of carbonyl (C=O) groups excluding carboxylic acids is 1. The maximum Gasteiger partial charge on any atom is 0.416 e. The van der Waals surface area contributed by atoms with Crippen LogP contribution in [0.4, 0.5) is 29.3 Å². The first-order valence-electron chi connectivity index (χ1n) is 7.39. The molecule has 2 aromatic rings. The molecule has 0 fully saturated rings. The molecule has 0 aromatic heterocycles. The van der Waals surface area contributed by atoms with Gasteiger partial charge in [0.15, 0.2) is 0 Å². The van der Waals surface area contributed by atoms with Crippen molar-refractivity contribution in [3.05, 3.63) is 67.8 Å². The number of hydrogen-bond acceptors (Lipinski definition) is 7. The Hall–Kier alpha value is -4.23. The Kier molecular flexibility index (Phi) is 5.96. The molecule has 29 heavy (non-hydrogen) atoms. The Morgan fingerprint density at radius 2 is 1.62 bits per heavy atom. The number of benzene rings is 2. The Morgan fingerprint density at radius 1 is 1.10 bits per heavy atom. The molecule has 0 atom stereocenters. The number of hydrogen-bond donors (Lipinski definition) is 2. The molecule has 2 amide bonds. The summed E-state index contributed by atoms with van der Waals surface area (Å²) in [6, 6.07) is 4.60. The van der Waals surface area contributed by atoms with Crippen molar-refractivity contribution in [3.8, 4) is 11.5 Å². The zero-order chi connectivity index (χ0) is 21.8. The molecule has 2 aromatic carbocycles. The number of alkyl halides is 3. The third-order valence-corrected chi connectivity index (χ3v) is 3.26. The highest BCUT2D eigenvalue weighted by molar-refractivity contribution is 5.81. The van der Waals surface area contributed by atoms with E-state index < -0.39 is 44.7 Å². The Morgan fingerprint density at radius 3 is 2.03 bits per heavy atom. The number of nitrogens with zero attached hydrogens (tertiary/aromatic N) is 3. The number of carbonyl (C=O) groups is 1. The average molecular weight is 413 g/mol. The lowest BCUT2D eigenvalue weighted by atomic mass is 10.1. The minimum absolute atomic E-state index is 0.129. The van der Waals surface area contributed by atoms with Gasteiger partial charge in [-0.05, 0) is 29.8 Å². The lowest BCUT2D eigenvalue weighted by Crippen LogP contribution is -2.24. The molecule has 3 N–H and O–H groups in total. The topological polar surface area (TPSA) is 163 Å². The van der Waals surface area contributed by atoms with Gasteiger partial charge in [0, 0.05) is 12.1 Å². The number of rotatable bonds is 6. The molecule has 14 heteroatoms. The number of urea groups is 1. The van der Waals surface area contributed by atoms with Gasteiger partial charge in [0.25, 0.3) is 5.75 Å². The lowest BCUT2D eigenvalue weighted by Gasteiger charge is -2.11. The summed E-state index contributed by atoms with van der Waals surface area (Å²) in [4.78, 5) is 30.4. The third kappa shape index (κ3) is 5.38. The number of nitro groups is 2. The average Bonchev–Trinajstić information content (AvgIpc) is 2.61. The normalized spacial score (nSPS) is 11.3. The van der Waals surface area contributed by atoms with Crippen molar-refractivity contribution in [1.82, 2.24) is 5.43 Å². The lowest BCUT2D eigenvalue weighted by molar-refractivity contribution is -0.396. The van der Waals surface area contributed by atoms with Gasteiger partial charge < -0.3 is 10.5 Å². The Labute approximate surface area is 158 Å². The van der Waals surface area contributed by atoms with Gasteiger partial charge in [-0.2, -0.15) is 18.3 Å². The van der Waals surface area contributed by atoms with Crippen molar-refractivity contribution in [2.24, 2.45) is 10.8 Å². The van der Waals surface area contributed by atoms with Gasteiger partial charge in [-0.1, -0.05) is 0 Å². The number of primary amides is 1. The van der Waals surface area contributed by atoms with Crippen LogP contribution in [0, 0.1) is 20.2 Å². The summed E-state index contributed by atoms with van der Waals surface area (Å²) in [7, 11) is 0. The fourth-order valence-corrected chi connectivity index (χ4v) is 2.05. The maximum atomic E-state index is 12.9. The van der Waals surface area contributed by atoms with Crippen molar-refractivity contribution >= 4 is 23.6 Å². The second kappa shape index (κ2) is 8.20. The van der Waals surface area contributed by atoms with Gasteiger partial charge in [-0.15, -0.1) is 0 Å². The van der Waals surface area contributed by atoms with Crippen LogP contribution in [-0.4, -0.2) is 22.1 Å². The first-order valence-corrected chi connectivity index (χ1v) is 7.39. The smallest absolute Gasteiger partial charge is 0.416 e. The van der Waals surface area contributed by atoms with E-state index in [9.17, 15) is 38.2 Å². The molecule has 0 saturated heterocycles. The van der Waals surface area contributed by atoms with E-state index in [1.165, 1.54) is 30.5 Å². The zero-order valence-electron chi connectivity index (χ0n) is 14.0. The van der Waals surface area contributed by atoms with Crippen molar-refractivity contribution in [1.29, 1.82) is 0 Å². The summed E-state index contributed by atoms with van der Waals surface area (Å²) in [6.45, 7) is 0. The van der Waals surface area contributed by atoms with Crippen LogP contribution >= 0.6 is 0 Å². The molecule has 152 valence electrons. The molecule has 0 bridgehead atoms. The zero-order valence-corrected chi connectivity index (χ0v) is 14.0. The number of amides is 2. The predicted octanol–water partition coefficient (Wildman–Crippen LogP) is 3.32. The Bertz CT molecular complexity index is 956. The van der Waals surface area contributed by atoms with Crippen molar-refractivity contribution < 1.29 is 32.5 Å². The second-order valence-corrected chi connectivity index (χ2v) is 5.26. The molecule has 0 aliphatic carbocycles. The van der Waals surface area contributed by atoms with Crippen LogP contribution in [0.2, 0.25) is 0 Å². The molecule has 0 aliphatic heterocycles. The predicted molar refractivity (Wildman–Crippen MR) is 91.6 cm³/mol. The largest absolute Gasteiger partial charge is 0.444 e. The molecule has 0 spiro atoms. The van der Waals surface area contributed by atoms with E-state index in [0.29, 0.717) is 5.56 Å². The van der Waals surface area contributed by atoms with E-state index in [0.717, 1.165) is 0 Å². The van der Waals surface area contributed by atoms with E-state index in [2.05, 4.69) is 5.10 Å². The van der Waals surface area contributed by atoms with Crippen molar-refractivity contribution in [2.45, 2.75) is 6.18 Å². The summed E-state index contributed by atoms with van der Waals surface area (Å²) < 4.78 is 43.8. The first-order chi connectivity index (χ1) is 13.5. The van der Waals surface area contributed by atoms with Gasteiger partial charge in [0.05, 0.1) is 21.6 Å². The van der Waals surface area contributed by atoms with Crippen LogP contribution in [0.1, 0.15) is 11.1 Å².